The van der Waals surface area contributed by atoms with Crippen LogP contribution in [-0.2, 0) is 16.9 Å². The number of thioether (sulfide) groups is 1. The predicted octanol–water partition coefficient (Wildman–Crippen LogP) is 4.24. The minimum atomic E-state index is 0.225. The summed E-state index contributed by atoms with van der Waals surface area (Å²) in [6, 6.07) is 0. The summed E-state index contributed by atoms with van der Waals surface area (Å²) in [5.74, 6) is 3.29. The zero-order valence-corrected chi connectivity index (χ0v) is 19.2. The van der Waals surface area contributed by atoms with E-state index in [1.807, 2.05) is 11.8 Å². The third kappa shape index (κ3) is 3.07. The molecule has 158 valence electrons. The zero-order valence-electron chi connectivity index (χ0n) is 17.6. The van der Waals surface area contributed by atoms with Gasteiger partial charge >= 0.3 is 0 Å². The molecule has 0 aliphatic carbocycles. The lowest BCUT2D eigenvalue weighted by atomic mass is 9.94. The van der Waals surface area contributed by atoms with Gasteiger partial charge in [0.05, 0.1) is 23.4 Å². The number of morpholine rings is 1. The van der Waals surface area contributed by atoms with E-state index in [0.717, 1.165) is 67.7 Å². The van der Waals surface area contributed by atoms with Crippen molar-refractivity contribution in [2.24, 2.45) is 0 Å². The van der Waals surface area contributed by atoms with E-state index < -0.39 is 0 Å². The number of hydrogen-bond donors (Lipinski definition) is 0. The molecule has 0 atom stereocenters. The normalized spacial score (nSPS) is 21.5. The molecule has 0 radical (unpaired) electrons. The van der Waals surface area contributed by atoms with Crippen molar-refractivity contribution in [2.75, 3.05) is 49.2 Å². The Labute approximate surface area is 185 Å². The molecule has 0 aromatic carbocycles. The van der Waals surface area contributed by atoms with E-state index in [0.29, 0.717) is 0 Å². The van der Waals surface area contributed by atoms with Gasteiger partial charge in [0.1, 0.15) is 22.8 Å². The molecule has 3 aromatic rings. The maximum Gasteiger partial charge on any atom is 0.150 e. The summed E-state index contributed by atoms with van der Waals surface area (Å²) >= 11 is 3.83. The summed E-state index contributed by atoms with van der Waals surface area (Å²) in [5.41, 5.74) is 3.98. The molecule has 30 heavy (non-hydrogen) atoms. The van der Waals surface area contributed by atoms with Crippen LogP contribution in [0.15, 0.2) is 6.33 Å². The Morgan fingerprint density at radius 1 is 0.967 bits per heavy atom. The average Bonchev–Trinajstić information content (AvgIpc) is 3.41. The van der Waals surface area contributed by atoms with Crippen molar-refractivity contribution in [3.63, 3.8) is 0 Å². The standard InChI is InChI=1S/C22H27N5OS2/c1-22(2)11-14-15(12-29-22)19(27-7-9-28-10-8-27)25-21-16(14)17-18(30-21)20(24-13-23-17)26-5-3-4-6-26/h13H,3-12H2,1-2H3. The Balaban J connectivity index is 1.61. The molecular formula is C22H27N5OS2. The highest BCUT2D eigenvalue weighted by molar-refractivity contribution is 7.99. The monoisotopic (exact) mass is 441 g/mol. The Morgan fingerprint density at radius 3 is 2.53 bits per heavy atom. The van der Waals surface area contributed by atoms with Crippen LogP contribution in [0, 0.1) is 0 Å². The van der Waals surface area contributed by atoms with Crippen molar-refractivity contribution in [1.29, 1.82) is 0 Å². The number of rotatable bonds is 2. The number of nitrogens with zero attached hydrogens (tertiary/aromatic N) is 5. The molecular weight excluding hydrogens is 414 g/mol. The first-order chi connectivity index (χ1) is 14.6. The van der Waals surface area contributed by atoms with E-state index in [-0.39, 0.29) is 4.75 Å². The van der Waals surface area contributed by atoms with Crippen molar-refractivity contribution >= 4 is 55.2 Å². The Hall–Kier alpha value is -1.64. The molecule has 0 amide bonds. The fourth-order valence-corrected chi connectivity index (χ4v) is 7.22. The van der Waals surface area contributed by atoms with Gasteiger partial charge in [0.2, 0.25) is 0 Å². The first-order valence-corrected chi connectivity index (χ1v) is 12.7. The van der Waals surface area contributed by atoms with Gasteiger partial charge in [0.25, 0.3) is 0 Å². The molecule has 0 spiro atoms. The number of pyridine rings is 1. The molecule has 0 N–H and O–H groups in total. The topological polar surface area (TPSA) is 54.4 Å². The van der Waals surface area contributed by atoms with Gasteiger partial charge in [-0.1, -0.05) is 13.8 Å². The van der Waals surface area contributed by atoms with Crippen LogP contribution in [0.1, 0.15) is 37.8 Å². The quantitative estimate of drug-likeness (QED) is 0.589. The molecule has 2 fully saturated rings. The lowest BCUT2D eigenvalue weighted by Gasteiger charge is -2.35. The predicted molar refractivity (Wildman–Crippen MR) is 126 cm³/mol. The van der Waals surface area contributed by atoms with Crippen molar-refractivity contribution in [2.45, 2.75) is 43.6 Å². The Bertz CT molecular complexity index is 1120. The lowest BCUT2D eigenvalue weighted by Crippen LogP contribution is -2.38. The molecule has 0 bridgehead atoms. The summed E-state index contributed by atoms with van der Waals surface area (Å²) in [5, 5.41) is 1.28. The molecule has 0 unspecified atom stereocenters. The van der Waals surface area contributed by atoms with Crippen LogP contribution in [0.3, 0.4) is 0 Å². The van der Waals surface area contributed by atoms with Gasteiger partial charge < -0.3 is 14.5 Å². The first-order valence-electron chi connectivity index (χ1n) is 10.9. The average molecular weight is 442 g/mol. The van der Waals surface area contributed by atoms with Crippen molar-refractivity contribution in [1.82, 2.24) is 15.0 Å². The third-order valence-corrected chi connectivity index (χ3v) is 8.93. The van der Waals surface area contributed by atoms with Gasteiger partial charge in [-0.05, 0) is 24.8 Å². The van der Waals surface area contributed by atoms with Gasteiger partial charge in [0.15, 0.2) is 0 Å². The summed E-state index contributed by atoms with van der Waals surface area (Å²) in [6.45, 7) is 10.3. The minimum absolute atomic E-state index is 0.225. The molecule has 0 saturated carbocycles. The van der Waals surface area contributed by atoms with E-state index in [2.05, 4.69) is 23.6 Å². The van der Waals surface area contributed by atoms with E-state index in [9.17, 15) is 0 Å². The van der Waals surface area contributed by atoms with Crippen molar-refractivity contribution in [3.8, 4) is 0 Å². The fraction of sp³-hybridized carbons (Fsp3) is 0.591. The van der Waals surface area contributed by atoms with Crippen LogP contribution in [-0.4, -0.2) is 59.1 Å². The van der Waals surface area contributed by atoms with Crippen LogP contribution in [0.4, 0.5) is 11.6 Å². The third-order valence-electron chi connectivity index (χ3n) is 6.50. The van der Waals surface area contributed by atoms with E-state index >= 15 is 0 Å². The van der Waals surface area contributed by atoms with Gasteiger partial charge in [0, 0.05) is 47.6 Å². The molecule has 3 aliphatic rings. The van der Waals surface area contributed by atoms with Gasteiger partial charge in [-0.15, -0.1) is 11.3 Å². The van der Waals surface area contributed by atoms with Crippen LogP contribution >= 0.6 is 23.1 Å². The van der Waals surface area contributed by atoms with Gasteiger partial charge in [-0.2, -0.15) is 11.8 Å². The summed E-state index contributed by atoms with van der Waals surface area (Å²) in [6.07, 6.45) is 5.30. The van der Waals surface area contributed by atoms with Crippen molar-refractivity contribution < 1.29 is 4.74 Å². The largest absolute Gasteiger partial charge is 0.378 e. The van der Waals surface area contributed by atoms with Gasteiger partial charge in [-0.3, -0.25) is 0 Å². The number of thiophene rings is 1. The number of hydrogen-bond acceptors (Lipinski definition) is 8. The van der Waals surface area contributed by atoms with Crippen LogP contribution in [0.25, 0.3) is 20.4 Å². The molecule has 2 saturated heterocycles. The Kier molecular flexibility index (Phi) is 4.58. The molecule has 3 aromatic heterocycles. The highest BCUT2D eigenvalue weighted by Crippen LogP contribution is 2.48. The van der Waals surface area contributed by atoms with Crippen LogP contribution in [0.5, 0.6) is 0 Å². The SMILES string of the molecule is CC1(C)Cc2c(c(N3CCOCC3)nc3sc4c(N5CCCC5)ncnc4c23)CS1. The number of fused-ring (bicyclic) bond motifs is 5. The molecule has 6 nitrogen and oxygen atoms in total. The van der Waals surface area contributed by atoms with E-state index in [1.165, 1.54) is 39.9 Å². The lowest BCUT2D eigenvalue weighted by molar-refractivity contribution is 0.122. The maximum absolute atomic E-state index is 5.61. The fourth-order valence-electron chi connectivity index (χ4n) is 4.97. The Morgan fingerprint density at radius 2 is 1.73 bits per heavy atom. The highest BCUT2D eigenvalue weighted by Gasteiger charge is 2.33. The molecule has 6 rings (SSSR count). The minimum Gasteiger partial charge on any atom is -0.378 e. The summed E-state index contributed by atoms with van der Waals surface area (Å²) in [7, 11) is 0. The van der Waals surface area contributed by atoms with E-state index in [1.54, 1.807) is 17.7 Å². The molecule has 3 aliphatic heterocycles. The van der Waals surface area contributed by atoms with Crippen LogP contribution in [0.2, 0.25) is 0 Å². The smallest absolute Gasteiger partial charge is 0.150 e. The number of ether oxygens (including phenoxy) is 1. The molecule has 6 heterocycles. The summed E-state index contributed by atoms with van der Waals surface area (Å²) in [4.78, 5) is 20.7. The second-order valence-electron chi connectivity index (χ2n) is 9.07. The molecule has 8 heteroatoms. The first kappa shape index (κ1) is 19.1. The number of aromatic nitrogens is 3. The number of anilines is 2. The van der Waals surface area contributed by atoms with E-state index in [4.69, 9.17) is 19.7 Å². The highest BCUT2D eigenvalue weighted by atomic mass is 32.2. The van der Waals surface area contributed by atoms with Gasteiger partial charge in [-0.25, -0.2) is 15.0 Å². The van der Waals surface area contributed by atoms with Crippen LogP contribution < -0.4 is 9.80 Å². The van der Waals surface area contributed by atoms with Crippen molar-refractivity contribution in [3.05, 3.63) is 17.5 Å². The second kappa shape index (κ2) is 7.21. The summed E-state index contributed by atoms with van der Waals surface area (Å²) < 4.78 is 7.04. The maximum atomic E-state index is 5.61. The second-order valence-corrected chi connectivity index (χ2v) is 11.8. The zero-order chi connectivity index (χ0) is 20.3.